The van der Waals surface area contributed by atoms with Gasteiger partial charge in [-0.25, -0.2) is 8.42 Å². The molecule has 2 saturated heterocycles. The Kier molecular flexibility index (Phi) is 7.90. The summed E-state index contributed by atoms with van der Waals surface area (Å²) < 4.78 is 27.7. The molecule has 8 heteroatoms. The highest BCUT2D eigenvalue weighted by Crippen LogP contribution is 2.27. The Bertz CT molecular complexity index is 777. The van der Waals surface area contributed by atoms with Gasteiger partial charge in [0.2, 0.25) is 10.0 Å². The molecule has 1 amide bonds. The van der Waals surface area contributed by atoms with Crippen LogP contribution >= 0.6 is 12.4 Å². The topological polar surface area (TPSA) is 78.5 Å². The molecule has 1 aromatic carbocycles. The Morgan fingerprint density at radius 3 is 2.50 bits per heavy atom. The van der Waals surface area contributed by atoms with Crippen LogP contribution in [0.2, 0.25) is 0 Å². The van der Waals surface area contributed by atoms with E-state index in [0.717, 1.165) is 25.9 Å². The van der Waals surface area contributed by atoms with E-state index in [2.05, 4.69) is 31.4 Å². The molecule has 6 nitrogen and oxygen atoms in total. The van der Waals surface area contributed by atoms with Crippen molar-refractivity contribution in [2.24, 2.45) is 17.8 Å². The van der Waals surface area contributed by atoms with Gasteiger partial charge in [-0.2, -0.15) is 4.31 Å². The maximum absolute atomic E-state index is 13.1. The molecule has 2 aliphatic rings. The van der Waals surface area contributed by atoms with Gasteiger partial charge in [0.25, 0.3) is 5.91 Å². The van der Waals surface area contributed by atoms with Gasteiger partial charge in [0.05, 0.1) is 4.90 Å². The molecular weight excluding hydrogens is 398 g/mol. The second-order valence-corrected chi connectivity index (χ2v) is 10.3. The first-order valence-electron chi connectivity index (χ1n) is 9.89. The summed E-state index contributed by atoms with van der Waals surface area (Å²) in [4.78, 5) is 12.9. The van der Waals surface area contributed by atoms with E-state index < -0.39 is 10.0 Å². The largest absolute Gasteiger partial charge is 0.348 e. The molecular formula is C20H32ClN3O3S. The number of carbonyl (C=O) groups excluding carboxylic acids is 1. The van der Waals surface area contributed by atoms with Crippen LogP contribution in [0.25, 0.3) is 0 Å². The van der Waals surface area contributed by atoms with Gasteiger partial charge < -0.3 is 10.6 Å². The number of halogens is 1. The number of nitrogens with one attached hydrogen (secondary N) is 2. The third kappa shape index (κ3) is 5.26. The molecule has 2 heterocycles. The number of hydrogen-bond acceptors (Lipinski definition) is 4. The molecule has 3 rings (SSSR count). The maximum Gasteiger partial charge on any atom is 0.251 e. The van der Waals surface area contributed by atoms with Crippen LogP contribution in [0.15, 0.2) is 29.2 Å². The molecule has 4 atom stereocenters. The van der Waals surface area contributed by atoms with Crippen molar-refractivity contribution >= 4 is 28.3 Å². The fraction of sp³-hybridized carbons (Fsp3) is 0.650. The summed E-state index contributed by atoms with van der Waals surface area (Å²) in [7, 11) is -3.59. The Labute approximate surface area is 174 Å². The van der Waals surface area contributed by atoms with Crippen LogP contribution in [0.3, 0.4) is 0 Å². The Morgan fingerprint density at radius 2 is 1.86 bits per heavy atom. The fourth-order valence-corrected chi connectivity index (χ4v) is 5.91. The lowest BCUT2D eigenvalue weighted by Gasteiger charge is -2.34. The summed E-state index contributed by atoms with van der Waals surface area (Å²) >= 11 is 0. The number of benzene rings is 1. The number of hydrogen-bond donors (Lipinski definition) is 2. The molecule has 1 aromatic rings. The van der Waals surface area contributed by atoms with E-state index in [1.54, 1.807) is 22.5 Å². The van der Waals surface area contributed by atoms with E-state index >= 15 is 0 Å². The van der Waals surface area contributed by atoms with E-state index in [-0.39, 0.29) is 29.3 Å². The van der Waals surface area contributed by atoms with Crippen molar-refractivity contribution in [3.8, 4) is 0 Å². The fourth-order valence-electron chi connectivity index (χ4n) is 4.18. The SMILES string of the molecule is CC1CC(C)CN(S(=O)(=O)c2cccc(C(=O)NC3CNCCC3C)c2)C1.Cl. The number of rotatable bonds is 4. The molecule has 2 aliphatic heterocycles. The van der Waals surface area contributed by atoms with Crippen LogP contribution in [0, 0.1) is 17.8 Å². The van der Waals surface area contributed by atoms with Gasteiger partial charge in [-0.3, -0.25) is 4.79 Å². The second kappa shape index (κ2) is 9.57. The van der Waals surface area contributed by atoms with Gasteiger partial charge in [0.15, 0.2) is 0 Å². The molecule has 0 saturated carbocycles. The highest BCUT2D eigenvalue weighted by molar-refractivity contribution is 7.89. The van der Waals surface area contributed by atoms with Crippen molar-refractivity contribution in [2.45, 2.75) is 44.6 Å². The Morgan fingerprint density at radius 1 is 1.18 bits per heavy atom. The molecule has 28 heavy (non-hydrogen) atoms. The summed E-state index contributed by atoms with van der Waals surface area (Å²) in [6.45, 7) is 9.08. The van der Waals surface area contributed by atoms with E-state index in [1.165, 1.54) is 6.07 Å². The van der Waals surface area contributed by atoms with Crippen LogP contribution in [0.5, 0.6) is 0 Å². The first-order valence-corrected chi connectivity index (χ1v) is 11.3. The average Bonchev–Trinajstić information content (AvgIpc) is 2.63. The van der Waals surface area contributed by atoms with E-state index in [0.29, 0.717) is 36.4 Å². The third-order valence-electron chi connectivity index (χ3n) is 5.71. The van der Waals surface area contributed by atoms with Crippen LogP contribution in [-0.4, -0.2) is 50.9 Å². The molecule has 0 bridgehead atoms. The molecule has 0 spiro atoms. The van der Waals surface area contributed by atoms with Crippen molar-refractivity contribution in [1.29, 1.82) is 0 Å². The Balaban J connectivity index is 0.00000280. The summed E-state index contributed by atoms with van der Waals surface area (Å²) in [6, 6.07) is 6.49. The summed E-state index contributed by atoms with van der Waals surface area (Å²) in [5.74, 6) is 0.872. The van der Waals surface area contributed by atoms with Gasteiger partial charge in [-0.15, -0.1) is 12.4 Å². The van der Waals surface area contributed by atoms with Gasteiger partial charge >= 0.3 is 0 Å². The van der Waals surface area contributed by atoms with Crippen molar-refractivity contribution in [3.63, 3.8) is 0 Å². The van der Waals surface area contributed by atoms with Crippen molar-refractivity contribution in [1.82, 2.24) is 14.9 Å². The monoisotopic (exact) mass is 429 g/mol. The highest BCUT2D eigenvalue weighted by atomic mass is 35.5. The zero-order valence-electron chi connectivity index (χ0n) is 16.8. The molecule has 2 N–H and O–H groups in total. The maximum atomic E-state index is 13.1. The number of piperidine rings is 2. The predicted molar refractivity (Wildman–Crippen MR) is 113 cm³/mol. The zero-order valence-corrected chi connectivity index (χ0v) is 18.5. The molecule has 0 aromatic heterocycles. The van der Waals surface area contributed by atoms with Gasteiger partial charge in [0.1, 0.15) is 0 Å². The molecule has 4 unspecified atom stereocenters. The number of sulfonamides is 1. The van der Waals surface area contributed by atoms with Crippen LogP contribution in [0.1, 0.15) is 44.0 Å². The molecule has 0 radical (unpaired) electrons. The van der Waals surface area contributed by atoms with Gasteiger partial charge in [-0.1, -0.05) is 26.8 Å². The zero-order chi connectivity index (χ0) is 19.6. The van der Waals surface area contributed by atoms with Crippen molar-refractivity contribution in [3.05, 3.63) is 29.8 Å². The minimum Gasteiger partial charge on any atom is -0.348 e. The number of amides is 1. The molecule has 2 fully saturated rings. The van der Waals surface area contributed by atoms with Crippen molar-refractivity contribution in [2.75, 3.05) is 26.2 Å². The Hall–Kier alpha value is -1.15. The quantitative estimate of drug-likeness (QED) is 0.770. The lowest BCUT2D eigenvalue weighted by Crippen LogP contribution is -2.50. The van der Waals surface area contributed by atoms with Crippen molar-refractivity contribution < 1.29 is 13.2 Å². The first-order chi connectivity index (χ1) is 12.8. The van der Waals surface area contributed by atoms with Crippen LogP contribution in [-0.2, 0) is 10.0 Å². The average molecular weight is 430 g/mol. The van der Waals surface area contributed by atoms with E-state index in [9.17, 15) is 13.2 Å². The highest BCUT2D eigenvalue weighted by Gasteiger charge is 2.32. The number of nitrogens with zero attached hydrogens (tertiary/aromatic N) is 1. The van der Waals surface area contributed by atoms with Gasteiger partial charge in [0, 0.05) is 31.2 Å². The smallest absolute Gasteiger partial charge is 0.251 e. The minimum atomic E-state index is -3.59. The third-order valence-corrected chi connectivity index (χ3v) is 7.54. The summed E-state index contributed by atoms with van der Waals surface area (Å²) in [5, 5.41) is 6.34. The van der Waals surface area contributed by atoms with Crippen LogP contribution in [0.4, 0.5) is 0 Å². The molecule has 0 aliphatic carbocycles. The first kappa shape index (κ1) is 23.1. The van der Waals surface area contributed by atoms with Crippen LogP contribution < -0.4 is 10.6 Å². The van der Waals surface area contributed by atoms with E-state index in [4.69, 9.17) is 0 Å². The standard InChI is InChI=1S/C20H31N3O3S.ClH/c1-14-9-15(2)13-23(12-14)27(25,26)18-6-4-5-17(10-18)20(24)22-19-11-21-8-7-16(19)3;/h4-6,10,14-16,19,21H,7-9,11-13H2,1-3H3,(H,22,24);1H. The summed E-state index contributed by atoms with van der Waals surface area (Å²) in [5.41, 5.74) is 0.395. The lowest BCUT2D eigenvalue weighted by molar-refractivity contribution is 0.0915. The lowest BCUT2D eigenvalue weighted by atomic mass is 9.94. The predicted octanol–water partition coefficient (Wildman–Crippen LogP) is 2.50. The van der Waals surface area contributed by atoms with E-state index in [1.807, 2.05) is 0 Å². The second-order valence-electron chi connectivity index (χ2n) is 8.35. The van der Waals surface area contributed by atoms with Gasteiger partial charge in [-0.05, 0) is 55.3 Å². The summed E-state index contributed by atoms with van der Waals surface area (Å²) in [6.07, 6.45) is 2.06. The number of carbonyl (C=O) groups is 1. The normalized spacial score (nSPS) is 29.0. The molecule has 158 valence electrons. The minimum absolute atomic E-state index is 0.